The van der Waals surface area contributed by atoms with Crippen LogP contribution in [0.4, 0.5) is 0 Å². The molecule has 1 rings (SSSR count). The second-order valence-electron chi connectivity index (χ2n) is 3.70. The Morgan fingerprint density at radius 2 is 2.00 bits per heavy atom. The summed E-state index contributed by atoms with van der Waals surface area (Å²) in [7, 11) is 1.67. The Morgan fingerprint density at radius 3 is 2.47 bits per heavy atom. The molecule has 0 fully saturated rings. The van der Waals surface area contributed by atoms with E-state index in [4.69, 9.17) is 10.00 Å². The molecule has 15 heavy (non-hydrogen) atoms. The summed E-state index contributed by atoms with van der Waals surface area (Å²) in [5, 5.41) is 9.04. The Kier molecular flexibility index (Phi) is 3.74. The molecule has 0 spiro atoms. The second-order valence-corrected chi connectivity index (χ2v) is 3.70. The molecule has 0 aliphatic rings. The van der Waals surface area contributed by atoms with E-state index >= 15 is 0 Å². The lowest BCUT2D eigenvalue weighted by molar-refractivity contribution is 0.411. The van der Waals surface area contributed by atoms with Gasteiger partial charge < -0.3 is 4.74 Å². The minimum atomic E-state index is -0.00499. The largest absolute Gasteiger partial charge is 0.496 e. The summed E-state index contributed by atoms with van der Waals surface area (Å²) in [6, 6.07) is 6.27. The van der Waals surface area contributed by atoms with Crippen molar-refractivity contribution in [2.75, 3.05) is 7.11 Å². The van der Waals surface area contributed by atoms with Crippen LogP contribution in [0.5, 0.6) is 5.75 Å². The number of nitriles is 1. The highest BCUT2D eigenvalue weighted by Crippen LogP contribution is 2.29. The van der Waals surface area contributed by atoms with Gasteiger partial charge in [-0.1, -0.05) is 13.0 Å². The van der Waals surface area contributed by atoms with Gasteiger partial charge in [0.1, 0.15) is 5.75 Å². The molecule has 0 heterocycles. The molecule has 1 aromatic carbocycles. The Hall–Kier alpha value is -1.49. The van der Waals surface area contributed by atoms with Crippen LogP contribution < -0.4 is 4.74 Å². The standard InChI is InChI=1S/C13H17NO/c1-5-11(8-14)12-6-7-13(15-4)10(3)9(12)2/h6-7,11H,5H2,1-4H3. The Balaban J connectivity index is 3.23. The number of hydrogen-bond donors (Lipinski definition) is 0. The van der Waals surface area contributed by atoms with E-state index in [-0.39, 0.29) is 5.92 Å². The molecule has 0 saturated heterocycles. The van der Waals surface area contributed by atoms with Crippen molar-refractivity contribution in [2.24, 2.45) is 0 Å². The van der Waals surface area contributed by atoms with Gasteiger partial charge in [0.15, 0.2) is 0 Å². The fourth-order valence-corrected chi connectivity index (χ4v) is 1.80. The SMILES string of the molecule is CCC(C#N)c1ccc(OC)c(C)c1C. The van der Waals surface area contributed by atoms with Crippen LogP contribution in [0.25, 0.3) is 0 Å². The molecule has 1 unspecified atom stereocenters. The number of rotatable bonds is 3. The third-order valence-electron chi connectivity index (χ3n) is 2.94. The third kappa shape index (κ3) is 2.12. The summed E-state index contributed by atoms with van der Waals surface area (Å²) in [6.45, 7) is 6.11. The van der Waals surface area contributed by atoms with Crippen molar-refractivity contribution >= 4 is 0 Å². The maximum atomic E-state index is 9.04. The van der Waals surface area contributed by atoms with E-state index in [9.17, 15) is 0 Å². The highest BCUT2D eigenvalue weighted by atomic mass is 16.5. The van der Waals surface area contributed by atoms with Gasteiger partial charge in [-0.15, -0.1) is 0 Å². The number of benzene rings is 1. The minimum Gasteiger partial charge on any atom is -0.496 e. The van der Waals surface area contributed by atoms with Crippen LogP contribution in [0.1, 0.15) is 36.0 Å². The number of ether oxygens (including phenoxy) is 1. The van der Waals surface area contributed by atoms with Crippen LogP contribution in [-0.4, -0.2) is 7.11 Å². The van der Waals surface area contributed by atoms with Crippen molar-refractivity contribution in [2.45, 2.75) is 33.1 Å². The van der Waals surface area contributed by atoms with Crippen LogP contribution in [0, 0.1) is 25.2 Å². The summed E-state index contributed by atoms with van der Waals surface area (Å²) < 4.78 is 5.24. The lowest BCUT2D eigenvalue weighted by Crippen LogP contribution is -2.00. The van der Waals surface area contributed by atoms with Gasteiger partial charge in [0.2, 0.25) is 0 Å². The summed E-state index contributed by atoms with van der Waals surface area (Å²) in [6.07, 6.45) is 0.850. The van der Waals surface area contributed by atoms with Crippen LogP contribution in [-0.2, 0) is 0 Å². The molecule has 0 saturated carbocycles. The van der Waals surface area contributed by atoms with Crippen LogP contribution >= 0.6 is 0 Å². The molecular formula is C13H17NO. The fourth-order valence-electron chi connectivity index (χ4n) is 1.80. The molecule has 1 aromatic rings. The number of methoxy groups -OCH3 is 1. The van der Waals surface area contributed by atoms with Crippen LogP contribution in [0.15, 0.2) is 12.1 Å². The van der Waals surface area contributed by atoms with Gasteiger partial charge >= 0.3 is 0 Å². The van der Waals surface area contributed by atoms with E-state index in [1.165, 1.54) is 5.56 Å². The Bertz CT molecular complexity index is 390. The monoisotopic (exact) mass is 203 g/mol. The van der Waals surface area contributed by atoms with Crippen molar-refractivity contribution in [1.29, 1.82) is 5.26 Å². The van der Waals surface area contributed by atoms with Gasteiger partial charge in [-0.25, -0.2) is 0 Å². The highest BCUT2D eigenvalue weighted by molar-refractivity contribution is 5.46. The van der Waals surface area contributed by atoms with Crippen molar-refractivity contribution in [3.63, 3.8) is 0 Å². The Morgan fingerprint density at radius 1 is 1.33 bits per heavy atom. The van der Waals surface area contributed by atoms with E-state index < -0.39 is 0 Å². The molecule has 0 aromatic heterocycles. The van der Waals surface area contributed by atoms with Crippen LogP contribution in [0.3, 0.4) is 0 Å². The molecule has 2 heteroatoms. The van der Waals surface area contributed by atoms with E-state index in [1.807, 2.05) is 32.9 Å². The zero-order chi connectivity index (χ0) is 11.4. The summed E-state index contributed by atoms with van der Waals surface area (Å²) >= 11 is 0. The first kappa shape index (κ1) is 11.6. The number of nitrogens with zero attached hydrogens (tertiary/aromatic N) is 1. The highest BCUT2D eigenvalue weighted by Gasteiger charge is 2.13. The topological polar surface area (TPSA) is 33.0 Å². The van der Waals surface area contributed by atoms with E-state index in [0.29, 0.717) is 0 Å². The average Bonchev–Trinajstić information content (AvgIpc) is 2.26. The van der Waals surface area contributed by atoms with Crippen molar-refractivity contribution in [3.8, 4) is 11.8 Å². The van der Waals surface area contributed by atoms with Crippen molar-refractivity contribution < 1.29 is 4.74 Å². The molecule has 0 aliphatic heterocycles. The lowest BCUT2D eigenvalue weighted by atomic mass is 9.91. The molecule has 0 N–H and O–H groups in total. The minimum absolute atomic E-state index is 0.00499. The number of hydrogen-bond acceptors (Lipinski definition) is 2. The van der Waals surface area contributed by atoms with Crippen molar-refractivity contribution in [3.05, 3.63) is 28.8 Å². The van der Waals surface area contributed by atoms with E-state index in [1.54, 1.807) is 7.11 Å². The molecule has 1 atom stereocenters. The van der Waals surface area contributed by atoms with Gasteiger partial charge in [0.25, 0.3) is 0 Å². The van der Waals surface area contributed by atoms with Gasteiger partial charge in [0, 0.05) is 0 Å². The second kappa shape index (κ2) is 4.84. The molecule has 0 aliphatic carbocycles. The predicted octanol–water partition coefficient (Wildman–Crippen LogP) is 3.33. The van der Waals surface area contributed by atoms with Crippen LogP contribution in [0.2, 0.25) is 0 Å². The van der Waals surface area contributed by atoms with Gasteiger partial charge in [0.05, 0.1) is 19.1 Å². The zero-order valence-corrected chi connectivity index (χ0v) is 9.79. The Labute approximate surface area is 91.5 Å². The first-order valence-corrected chi connectivity index (χ1v) is 5.19. The van der Waals surface area contributed by atoms with Gasteiger partial charge in [-0.3, -0.25) is 0 Å². The normalized spacial score (nSPS) is 11.9. The molecule has 80 valence electrons. The summed E-state index contributed by atoms with van der Waals surface area (Å²) in [5.74, 6) is 0.888. The van der Waals surface area contributed by atoms with Gasteiger partial charge in [-0.2, -0.15) is 5.26 Å². The average molecular weight is 203 g/mol. The quantitative estimate of drug-likeness (QED) is 0.754. The third-order valence-corrected chi connectivity index (χ3v) is 2.94. The molecular weight excluding hydrogens is 186 g/mol. The first-order chi connectivity index (χ1) is 7.15. The van der Waals surface area contributed by atoms with E-state index in [0.717, 1.165) is 23.3 Å². The van der Waals surface area contributed by atoms with E-state index in [2.05, 4.69) is 6.07 Å². The lowest BCUT2D eigenvalue weighted by Gasteiger charge is -2.15. The zero-order valence-electron chi connectivity index (χ0n) is 9.79. The summed E-state index contributed by atoms with van der Waals surface area (Å²) in [4.78, 5) is 0. The smallest absolute Gasteiger partial charge is 0.122 e. The maximum Gasteiger partial charge on any atom is 0.122 e. The molecule has 0 radical (unpaired) electrons. The van der Waals surface area contributed by atoms with Crippen molar-refractivity contribution in [1.82, 2.24) is 0 Å². The molecule has 0 bridgehead atoms. The fraction of sp³-hybridized carbons (Fsp3) is 0.462. The molecule has 2 nitrogen and oxygen atoms in total. The van der Waals surface area contributed by atoms with Gasteiger partial charge in [-0.05, 0) is 43.0 Å². The molecule has 0 amide bonds. The first-order valence-electron chi connectivity index (χ1n) is 5.19. The summed E-state index contributed by atoms with van der Waals surface area (Å²) in [5.41, 5.74) is 3.42. The maximum absolute atomic E-state index is 9.04. The predicted molar refractivity (Wildman–Crippen MR) is 61.1 cm³/mol.